The Morgan fingerprint density at radius 1 is 1.17 bits per heavy atom. The van der Waals surface area contributed by atoms with Crippen LogP contribution in [0.25, 0.3) is 11.3 Å². The fourth-order valence-electron chi connectivity index (χ4n) is 1.55. The summed E-state index contributed by atoms with van der Waals surface area (Å²) in [5.74, 6) is -0.380. The number of ether oxygens (including phenoxy) is 1. The van der Waals surface area contributed by atoms with Gasteiger partial charge in [0.2, 0.25) is 0 Å². The van der Waals surface area contributed by atoms with E-state index >= 15 is 0 Å². The summed E-state index contributed by atoms with van der Waals surface area (Å²) in [5, 5.41) is 4.13. The lowest BCUT2D eigenvalue weighted by atomic mass is 10.1. The van der Waals surface area contributed by atoms with Crippen molar-refractivity contribution < 1.29 is 9.53 Å². The highest BCUT2D eigenvalue weighted by atomic mass is 16.5. The van der Waals surface area contributed by atoms with Crippen LogP contribution in [-0.2, 0) is 11.8 Å². The number of aromatic nitrogens is 2. The van der Waals surface area contributed by atoms with Gasteiger partial charge in [0.05, 0.1) is 18.4 Å². The summed E-state index contributed by atoms with van der Waals surface area (Å²) >= 11 is 0. The SMILES string of the molecule is COC(=O)c1ccc(-c2ccc(=O)n(C)n2)cc1. The lowest BCUT2D eigenvalue weighted by molar-refractivity contribution is 0.0601. The van der Waals surface area contributed by atoms with Crippen molar-refractivity contribution in [3.8, 4) is 11.3 Å². The molecule has 0 N–H and O–H groups in total. The summed E-state index contributed by atoms with van der Waals surface area (Å²) < 4.78 is 5.88. The molecule has 2 rings (SSSR count). The maximum Gasteiger partial charge on any atom is 0.337 e. The Kier molecular flexibility index (Phi) is 3.23. The van der Waals surface area contributed by atoms with Gasteiger partial charge in [-0.2, -0.15) is 5.10 Å². The van der Waals surface area contributed by atoms with Crippen LogP contribution in [0.2, 0.25) is 0 Å². The molecule has 18 heavy (non-hydrogen) atoms. The van der Waals surface area contributed by atoms with Gasteiger partial charge in [-0.25, -0.2) is 9.48 Å². The molecule has 1 aromatic carbocycles. The van der Waals surface area contributed by atoms with E-state index < -0.39 is 0 Å². The minimum Gasteiger partial charge on any atom is -0.465 e. The summed E-state index contributed by atoms with van der Waals surface area (Å²) in [7, 11) is 2.93. The maximum atomic E-state index is 11.3. The quantitative estimate of drug-likeness (QED) is 0.745. The second-order valence-electron chi connectivity index (χ2n) is 3.75. The molecule has 5 heteroatoms. The smallest absolute Gasteiger partial charge is 0.337 e. The predicted octanol–water partition coefficient (Wildman–Crippen LogP) is 1.23. The van der Waals surface area contributed by atoms with Crippen LogP contribution >= 0.6 is 0 Å². The molecule has 92 valence electrons. The zero-order valence-corrected chi connectivity index (χ0v) is 10.1. The number of aryl methyl sites for hydroxylation is 1. The lowest BCUT2D eigenvalue weighted by Gasteiger charge is -2.04. The fourth-order valence-corrected chi connectivity index (χ4v) is 1.55. The van der Waals surface area contributed by atoms with Crippen molar-refractivity contribution in [2.75, 3.05) is 7.11 Å². The van der Waals surface area contributed by atoms with E-state index in [0.29, 0.717) is 11.3 Å². The molecule has 0 aliphatic carbocycles. The third kappa shape index (κ3) is 2.29. The van der Waals surface area contributed by atoms with Crippen molar-refractivity contribution in [2.24, 2.45) is 7.05 Å². The molecule has 0 spiro atoms. The van der Waals surface area contributed by atoms with Crippen LogP contribution in [0.1, 0.15) is 10.4 Å². The molecule has 0 aliphatic heterocycles. The second kappa shape index (κ2) is 4.83. The molecule has 0 fully saturated rings. The second-order valence-corrected chi connectivity index (χ2v) is 3.75. The minimum atomic E-state index is -0.380. The first kappa shape index (κ1) is 12.0. The number of benzene rings is 1. The molecular weight excluding hydrogens is 232 g/mol. The standard InChI is InChI=1S/C13H12N2O3/c1-15-12(16)8-7-11(14-15)9-3-5-10(6-4-9)13(17)18-2/h3-8H,1-2H3. The van der Waals surface area contributed by atoms with Crippen molar-refractivity contribution in [3.05, 3.63) is 52.3 Å². The average Bonchev–Trinajstić information content (AvgIpc) is 2.41. The number of esters is 1. The topological polar surface area (TPSA) is 61.2 Å². The van der Waals surface area contributed by atoms with Gasteiger partial charge in [0.25, 0.3) is 5.56 Å². The molecule has 0 aliphatic rings. The largest absolute Gasteiger partial charge is 0.465 e. The third-order valence-electron chi connectivity index (χ3n) is 2.56. The van der Waals surface area contributed by atoms with Gasteiger partial charge in [-0.05, 0) is 18.2 Å². The minimum absolute atomic E-state index is 0.162. The van der Waals surface area contributed by atoms with Crippen LogP contribution < -0.4 is 5.56 Å². The molecule has 0 saturated heterocycles. The van der Waals surface area contributed by atoms with Gasteiger partial charge < -0.3 is 4.74 Å². The van der Waals surface area contributed by atoms with E-state index in [4.69, 9.17) is 0 Å². The molecule has 0 amide bonds. The Hall–Kier alpha value is -2.43. The first-order chi connectivity index (χ1) is 8.61. The van der Waals surface area contributed by atoms with E-state index in [-0.39, 0.29) is 11.5 Å². The normalized spacial score (nSPS) is 10.1. The number of hydrogen-bond acceptors (Lipinski definition) is 4. The first-order valence-corrected chi connectivity index (χ1v) is 5.35. The van der Waals surface area contributed by atoms with Gasteiger partial charge in [-0.15, -0.1) is 0 Å². The summed E-state index contributed by atoms with van der Waals surface area (Å²) in [5.41, 5.74) is 1.82. The van der Waals surface area contributed by atoms with Gasteiger partial charge >= 0.3 is 5.97 Å². The van der Waals surface area contributed by atoms with Crippen LogP contribution in [0.5, 0.6) is 0 Å². The van der Waals surface area contributed by atoms with Gasteiger partial charge in [-0.3, -0.25) is 4.79 Å². The Morgan fingerprint density at radius 3 is 2.39 bits per heavy atom. The molecule has 0 bridgehead atoms. The van der Waals surface area contributed by atoms with Crippen molar-refractivity contribution in [1.82, 2.24) is 9.78 Å². The molecule has 0 unspecified atom stereocenters. The zero-order chi connectivity index (χ0) is 13.1. The summed E-state index contributed by atoms with van der Waals surface area (Å²) in [6.07, 6.45) is 0. The van der Waals surface area contributed by atoms with Gasteiger partial charge in [-0.1, -0.05) is 12.1 Å². The van der Waals surface area contributed by atoms with Crippen LogP contribution in [0.4, 0.5) is 0 Å². The van der Waals surface area contributed by atoms with Crippen LogP contribution in [-0.4, -0.2) is 22.9 Å². The van der Waals surface area contributed by atoms with Crippen LogP contribution in [0.3, 0.4) is 0 Å². The van der Waals surface area contributed by atoms with Crippen molar-refractivity contribution in [3.63, 3.8) is 0 Å². The molecule has 2 aromatic rings. The van der Waals surface area contributed by atoms with E-state index in [2.05, 4.69) is 9.84 Å². The summed E-state index contributed by atoms with van der Waals surface area (Å²) in [6, 6.07) is 9.95. The van der Waals surface area contributed by atoms with E-state index in [9.17, 15) is 9.59 Å². The molecule has 5 nitrogen and oxygen atoms in total. The Labute approximate surface area is 104 Å². The number of methoxy groups -OCH3 is 1. The maximum absolute atomic E-state index is 11.3. The molecule has 0 atom stereocenters. The van der Waals surface area contributed by atoms with Gasteiger partial charge in [0.1, 0.15) is 0 Å². The van der Waals surface area contributed by atoms with Gasteiger partial charge in [0.15, 0.2) is 0 Å². The highest BCUT2D eigenvalue weighted by molar-refractivity contribution is 5.89. The highest BCUT2D eigenvalue weighted by Gasteiger charge is 2.06. The first-order valence-electron chi connectivity index (χ1n) is 5.35. The third-order valence-corrected chi connectivity index (χ3v) is 2.56. The van der Waals surface area contributed by atoms with E-state index in [1.165, 1.54) is 17.9 Å². The fraction of sp³-hybridized carbons (Fsp3) is 0.154. The van der Waals surface area contributed by atoms with E-state index in [1.807, 2.05) is 0 Å². The zero-order valence-electron chi connectivity index (χ0n) is 10.1. The Morgan fingerprint density at radius 2 is 1.83 bits per heavy atom. The summed E-state index contributed by atoms with van der Waals surface area (Å²) in [4.78, 5) is 22.5. The number of nitrogens with zero attached hydrogens (tertiary/aromatic N) is 2. The summed E-state index contributed by atoms with van der Waals surface area (Å²) in [6.45, 7) is 0. The average molecular weight is 244 g/mol. The molecule has 1 aromatic heterocycles. The van der Waals surface area contributed by atoms with Crippen molar-refractivity contribution in [1.29, 1.82) is 0 Å². The number of carbonyl (C=O) groups is 1. The number of hydrogen-bond donors (Lipinski definition) is 0. The Balaban J connectivity index is 2.37. The highest BCUT2D eigenvalue weighted by Crippen LogP contribution is 2.16. The van der Waals surface area contributed by atoms with Crippen molar-refractivity contribution in [2.45, 2.75) is 0 Å². The monoisotopic (exact) mass is 244 g/mol. The van der Waals surface area contributed by atoms with E-state index in [0.717, 1.165) is 5.56 Å². The molecular formula is C13H12N2O3. The molecule has 1 heterocycles. The van der Waals surface area contributed by atoms with Gasteiger partial charge in [0, 0.05) is 18.7 Å². The molecule has 0 radical (unpaired) electrons. The van der Waals surface area contributed by atoms with Crippen LogP contribution in [0, 0.1) is 0 Å². The van der Waals surface area contributed by atoms with E-state index in [1.54, 1.807) is 37.4 Å². The number of rotatable bonds is 2. The Bertz CT molecular complexity index is 629. The van der Waals surface area contributed by atoms with Crippen LogP contribution in [0.15, 0.2) is 41.2 Å². The van der Waals surface area contributed by atoms with Crippen molar-refractivity contribution >= 4 is 5.97 Å². The molecule has 0 saturated carbocycles. The predicted molar refractivity (Wildman–Crippen MR) is 66.3 cm³/mol. The number of carbonyl (C=O) groups excluding carboxylic acids is 1. The lowest BCUT2D eigenvalue weighted by Crippen LogP contribution is -2.18.